The number of amides is 3. The third-order valence-electron chi connectivity index (χ3n) is 5.09. The fraction of sp³-hybridized carbons (Fsp3) is 0.273. The average Bonchev–Trinajstić information content (AvgIpc) is 2.78. The number of nitrogens with zero attached hydrogens (tertiary/aromatic N) is 2. The molecule has 2 aromatic carbocycles. The largest absolute Gasteiger partial charge is 0.352 e. The van der Waals surface area contributed by atoms with Crippen LogP contribution >= 0.6 is 0 Å². The molecule has 1 aliphatic heterocycles. The molecule has 0 aromatic heterocycles. The van der Waals surface area contributed by atoms with Gasteiger partial charge in [-0.25, -0.2) is 9.18 Å². The van der Waals surface area contributed by atoms with Gasteiger partial charge in [0.1, 0.15) is 5.82 Å². The van der Waals surface area contributed by atoms with Crippen molar-refractivity contribution in [1.82, 2.24) is 10.2 Å². The Labute approximate surface area is 178 Å². The highest BCUT2D eigenvalue weighted by molar-refractivity contribution is 5.91. The molecule has 0 atom stereocenters. The Morgan fingerprint density at radius 2 is 1.74 bits per heavy atom. The number of carbonyl (C=O) groups is 2. The molecule has 0 aliphatic carbocycles. The lowest BCUT2D eigenvalue weighted by molar-refractivity contribution is -0.384. The summed E-state index contributed by atoms with van der Waals surface area (Å²) in [5, 5.41) is 16.3. The van der Waals surface area contributed by atoms with Gasteiger partial charge in [0.15, 0.2) is 0 Å². The number of rotatable bonds is 6. The molecule has 31 heavy (non-hydrogen) atoms. The smallest absolute Gasteiger partial charge is 0.321 e. The molecule has 162 valence electrons. The van der Waals surface area contributed by atoms with Gasteiger partial charge in [0.2, 0.25) is 5.91 Å². The van der Waals surface area contributed by atoms with Gasteiger partial charge in [0.25, 0.3) is 5.69 Å². The molecule has 3 amide bonds. The van der Waals surface area contributed by atoms with E-state index in [9.17, 15) is 24.1 Å². The maximum absolute atomic E-state index is 12.9. The van der Waals surface area contributed by atoms with Crippen molar-refractivity contribution in [1.29, 1.82) is 0 Å². The van der Waals surface area contributed by atoms with E-state index in [2.05, 4.69) is 10.6 Å². The molecule has 3 rings (SSSR count). The maximum Gasteiger partial charge on any atom is 0.321 e. The number of nitro benzene ring substituents is 1. The Hall–Kier alpha value is -3.75. The molecule has 1 aliphatic rings. The minimum absolute atomic E-state index is 0.000656. The second-order valence-electron chi connectivity index (χ2n) is 7.29. The van der Waals surface area contributed by atoms with E-state index < -0.39 is 4.92 Å². The molecular formula is C22H23FN4O4. The van der Waals surface area contributed by atoms with Crippen molar-refractivity contribution in [2.45, 2.75) is 12.8 Å². The van der Waals surface area contributed by atoms with Gasteiger partial charge >= 0.3 is 6.03 Å². The molecule has 8 nitrogen and oxygen atoms in total. The van der Waals surface area contributed by atoms with E-state index in [1.54, 1.807) is 23.1 Å². The molecule has 1 heterocycles. The van der Waals surface area contributed by atoms with Gasteiger partial charge in [-0.1, -0.05) is 0 Å². The molecule has 0 unspecified atom stereocenters. The van der Waals surface area contributed by atoms with Crippen LogP contribution in [0.3, 0.4) is 0 Å². The number of carbonyl (C=O) groups excluding carboxylic acids is 2. The standard InChI is InChI=1S/C22H23FN4O4/c23-18-4-6-19(7-5-18)25-22(29)26-13-11-17(12-14-26)15-24-21(28)10-3-16-1-8-20(9-2-16)27(30)31/h1-10,17H,11-15H2,(H,24,28)(H,25,29)/b10-3+. The van der Waals surface area contributed by atoms with Crippen LogP contribution in [0.25, 0.3) is 6.08 Å². The summed E-state index contributed by atoms with van der Waals surface area (Å²) in [6.07, 6.45) is 4.53. The summed E-state index contributed by atoms with van der Waals surface area (Å²) in [6, 6.07) is 11.3. The lowest BCUT2D eigenvalue weighted by Gasteiger charge is -2.32. The van der Waals surface area contributed by atoms with Crippen LogP contribution in [0.15, 0.2) is 54.6 Å². The van der Waals surface area contributed by atoms with Gasteiger partial charge < -0.3 is 15.5 Å². The van der Waals surface area contributed by atoms with Crippen LogP contribution in [0.4, 0.5) is 20.6 Å². The van der Waals surface area contributed by atoms with Crippen LogP contribution < -0.4 is 10.6 Å². The topological polar surface area (TPSA) is 105 Å². The number of benzene rings is 2. The molecule has 2 N–H and O–H groups in total. The molecular weight excluding hydrogens is 403 g/mol. The average molecular weight is 426 g/mol. The lowest BCUT2D eigenvalue weighted by atomic mass is 9.97. The first-order valence-corrected chi connectivity index (χ1v) is 9.92. The van der Waals surface area contributed by atoms with Crippen LogP contribution in [0.2, 0.25) is 0 Å². The summed E-state index contributed by atoms with van der Waals surface area (Å²) >= 11 is 0. The molecule has 0 spiro atoms. The molecule has 2 aromatic rings. The number of halogens is 1. The van der Waals surface area contributed by atoms with E-state index in [1.807, 2.05) is 0 Å². The number of hydrogen-bond acceptors (Lipinski definition) is 4. The van der Waals surface area contributed by atoms with Crippen molar-refractivity contribution in [3.05, 3.63) is 76.1 Å². The second-order valence-corrected chi connectivity index (χ2v) is 7.29. The molecule has 0 radical (unpaired) electrons. The number of urea groups is 1. The van der Waals surface area contributed by atoms with Crippen molar-refractivity contribution in [3.63, 3.8) is 0 Å². The quantitative estimate of drug-likeness (QED) is 0.416. The first-order chi connectivity index (χ1) is 14.9. The van der Waals surface area contributed by atoms with Crippen molar-refractivity contribution in [2.24, 2.45) is 5.92 Å². The first-order valence-electron chi connectivity index (χ1n) is 9.92. The third-order valence-corrected chi connectivity index (χ3v) is 5.09. The van der Waals surface area contributed by atoms with Gasteiger partial charge in [-0.15, -0.1) is 0 Å². The van der Waals surface area contributed by atoms with Gasteiger partial charge in [-0.3, -0.25) is 14.9 Å². The van der Waals surface area contributed by atoms with Crippen LogP contribution in [-0.2, 0) is 4.79 Å². The summed E-state index contributed by atoms with van der Waals surface area (Å²) in [5.74, 6) is -0.329. The minimum Gasteiger partial charge on any atom is -0.352 e. The zero-order valence-electron chi connectivity index (χ0n) is 16.8. The number of nitrogens with one attached hydrogen (secondary N) is 2. The van der Waals surface area contributed by atoms with E-state index in [-0.39, 0.29) is 29.4 Å². The monoisotopic (exact) mass is 426 g/mol. The fourth-order valence-corrected chi connectivity index (χ4v) is 3.26. The molecule has 9 heteroatoms. The van der Waals surface area contributed by atoms with Crippen molar-refractivity contribution in [3.8, 4) is 0 Å². The zero-order valence-corrected chi connectivity index (χ0v) is 16.8. The number of likely N-dealkylation sites (tertiary alicyclic amines) is 1. The fourth-order valence-electron chi connectivity index (χ4n) is 3.26. The predicted octanol–water partition coefficient (Wildman–Crippen LogP) is 3.81. The molecule has 0 bridgehead atoms. The van der Waals surface area contributed by atoms with Crippen LogP contribution in [-0.4, -0.2) is 41.4 Å². The summed E-state index contributed by atoms with van der Waals surface area (Å²) in [4.78, 5) is 36.2. The van der Waals surface area contributed by atoms with E-state index in [0.717, 1.165) is 12.8 Å². The second kappa shape index (κ2) is 10.3. The van der Waals surface area contributed by atoms with Crippen molar-refractivity contribution >= 4 is 29.4 Å². The van der Waals surface area contributed by atoms with Gasteiger partial charge in [0.05, 0.1) is 4.92 Å². The predicted molar refractivity (Wildman–Crippen MR) is 115 cm³/mol. The summed E-state index contributed by atoms with van der Waals surface area (Å²) in [7, 11) is 0. The highest BCUT2D eigenvalue weighted by atomic mass is 19.1. The Bertz CT molecular complexity index is 952. The van der Waals surface area contributed by atoms with Gasteiger partial charge in [-0.2, -0.15) is 0 Å². The number of anilines is 1. The Morgan fingerprint density at radius 3 is 2.35 bits per heavy atom. The number of non-ortho nitro benzene ring substituents is 1. The van der Waals surface area contributed by atoms with Gasteiger partial charge in [-0.05, 0) is 66.8 Å². The minimum atomic E-state index is -0.474. The van der Waals surface area contributed by atoms with E-state index in [1.165, 1.54) is 42.5 Å². The Balaban J connectivity index is 1.38. The Morgan fingerprint density at radius 1 is 1.10 bits per heavy atom. The molecule has 0 saturated carbocycles. The van der Waals surface area contributed by atoms with Crippen LogP contribution in [0, 0.1) is 21.8 Å². The zero-order chi connectivity index (χ0) is 22.2. The number of nitro groups is 1. The highest BCUT2D eigenvalue weighted by Crippen LogP contribution is 2.18. The highest BCUT2D eigenvalue weighted by Gasteiger charge is 2.23. The van der Waals surface area contributed by atoms with Crippen molar-refractivity contribution in [2.75, 3.05) is 25.0 Å². The lowest BCUT2D eigenvalue weighted by Crippen LogP contribution is -2.43. The number of hydrogen-bond donors (Lipinski definition) is 2. The number of piperidine rings is 1. The normalized spacial score (nSPS) is 14.4. The van der Waals surface area contributed by atoms with Crippen molar-refractivity contribution < 1.29 is 18.9 Å². The summed E-state index contributed by atoms with van der Waals surface area (Å²) in [5.41, 5.74) is 1.24. The van der Waals surface area contributed by atoms with E-state index in [0.29, 0.717) is 30.9 Å². The van der Waals surface area contributed by atoms with Crippen LogP contribution in [0.5, 0.6) is 0 Å². The van der Waals surface area contributed by atoms with Gasteiger partial charge in [0, 0.05) is 43.5 Å². The van der Waals surface area contributed by atoms with E-state index in [4.69, 9.17) is 0 Å². The summed E-state index contributed by atoms with van der Waals surface area (Å²) < 4.78 is 12.9. The SMILES string of the molecule is O=C(/C=C/c1ccc([N+](=O)[O-])cc1)NCC1CCN(C(=O)Nc2ccc(F)cc2)CC1. The summed E-state index contributed by atoms with van der Waals surface area (Å²) in [6.45, 7) is 1.66. The van der Waals surface area contributed by atoms with E-state index >= 15 is 0 Å². The maximum atomic E-state index is 12.9. The molecule has 1 saturated heterocycles. The Kier molecular flexibility index (Phi) is 7.31. The third kappa shape index (κ3) is 6.63. The first kappa shape index (κ1) is 21.9. The molecule has 1 fully saturated rings. The van der Waals surface area contributed by atoms with Crippen LogP contribution in [0.1, 0.15) is 18.4 Å².